The number of hydrogen-bond donors (Lipinski definition) is 1. The highest BCUT2D eigenvalue weighted by molar-refractivity contribution is 9.10. The minimum absolute atomic E-state index is 0.196. The van der Waals surface area contributed by atoms with Crippen LogP contribution < -0.4 is 5.32 Å². The van der Waals surface area contributed by atoms with Gasteiger partial charge in [-0.05, 0) is 34.8 Å². The molecular weight excluding hydrogens is 372 g/mol. The predicted octanol–water partition coefficient (Wildman–Crippen LogP) is 2.76. The quantitative estimate of drug-likeness (QED) is 0.726. The van der Waals surface area contributed by atoms with Crippen LogP contribution in [0.4, 0.5) is 0 Å². The number of nitrogens with one attached hydrogen (secondary N) is 1. The number of fused-ring (bicyclic) bond motifs is 1. The normalized spacial score (nSPS) is 11.4. The highest BCUT2D eigenvalue weighted by Crippen LogP contribution is 2.26. The number of halogens is 1. The molecule has 1 N–H and O–H groups in total. The summed E-state index contributed by atoms with van der Waals surface area (Å²) in [6.07, 6.45) is 3.61. The van der Waals surface area contributed by atoms with E-state index in [-0.39, 0.29) is 5.91 Å². The standard InChI is InChI=1S/C16H19BrN6O/c1-4-22-9-11(17)15(21-22)13-5-6-18-14-7-12(20-23(13)14)16(24)19-8-10(2)3/h5-7,9-10H,4,8H2,1-3H3,(H,19,24). The predicted molar refractivity (Wildman–Crippen MR) is 94.8 cm³/mol. The largest absolute Gasteiger partial charge is 0.350 e. The maximum Gasteiger partial charge on any atom is 0.271 e. The van der Waals surface area contributed by atoms with E-state index in [4.69, 9.17) is 0 Å². The SMILES string of the molecule is CCn1cc(Br)c(-c2ccnc3cc(C(=O)NCC(C)C)nn23)n1. The molecule has 0 aliphatic heterocycles. The van der Waals surface area contributed by atoms with Gasteiger partial charge in [-0.1, -0.05) is 13.8 Å². The molecule has 0 aliphatic rings. The monoisotopic (exact) mass is 390 g/mol. The van der Waals surface area contributed by atoms with Gasteiger partial charge in [0, 0.05) is 31.5 Å². The maximum atomic E-state index is 12.2. The molecule has 0 saturated heterocycles. The van der Waals surface area contributed by atoms with E-state index in [1.54, 1.807) is 16.8 Å². The molecule has 126 valence electrons. The Hall–Kier alpha value is -2.22. The van der Waals surface area contributed by atoms with E-state index in [1.165, 1.54) is 0 Å². The van der Waals surface area contributed by atoms with Crippen molar-refractivity contribution < 1.29 is 4.79 Å². The van der Waals surface area contributed by atoms with Gasteiger partial charge < -0.3 is 5.32 Å². The van der Waals surface area contributed by atoms with E-state index in [1.807, 2.05) is 37.7 Å². The molecule has 0 bridgehead atoms. The number of carbonyl (C=O) groups is 1. The number of aromatic nitrogens is 5. The molecule has 0 aliphatic carbocycles. The third-order valence-electron chi connectivity index (χ3n) is 3.55. The number of carbonyl (C=O) groups excluding carboxylic acids is 1. The zero-order valence-electron chi connectivity index (χ0n) is 13.8. The zero-order chi connectivity index (χ0) is 17.3. The molecule has 0 fully saturated rings. The van der Waals surface area contributed by atoms with Crippen molar-refractivity contribution in [3.8, 4) is 11.4 Å². The van der Waals surface area contributed by atoms with Gasteiger partial charge in [-0.3, -0.25) is 9.48 Å². The van der Waals surface area contributed by atoms with Crippen LogP contribution in [0, 0.1) is 5.92 Å². The van der Waals surface area contributed by atoms with E-state index in [9.17, 15) is 4.79 Å². The molecule has 3 heterocycles. The lowest BCUT2D eigenvalue weighted by molar-refractivity contribution is 0.0943. The van der Waals surface area contributed by atoms with E-state index < -0.39 is 0 Å². The van der Waals surface area contributed by atoms with Crippen molar-refractivity contribution in [2.75, 3.05) is 6.54 Å². The van der Waals surface area contributed by atoms with Crippen LogP contribution in [0.5, 0.6) is 0 Å². The Kier molecular flexibility index (Phi) is 4.66. The molecule has 1 amide bonds. The van der Waals surface area contributed by atoms with Gasteiger partial charge in [0.2, 0.25) is 0 Å². The molecular formula is C16H19BrN6O. The van der Waals surface area contributed by atoms with Crippen molar-refractivity contribution in [3.05, 3.63) is 34.7 Å². The zero-order valence-corrected chi connectivity index (χ0v) is 15.4. The Morgan fingerprint density at radius 2 is 2.17 bits per heavy atom. The summed E-state index contributed by atoms with van der Waals surface area (Å²) in [6.45, 7) is 7.50. The Bertz CT molecular complexity index is 882. The first kappa shape index (κ1) is 16.6. The first-order valence-corrected chi connectivity index (χ1v) is 8.65. The number of nitrogens with zero attached hydrogens (tertiary/aromatic N) is 5. The molecule has 0 radical (unpaired) electrons. The number of amides is 1. The summed E-state index contributed by atoms with van der Waals surface area (Å²) >= 11 is 3.53. The molecule has 0 spiro atoms. The summed E-state index contributed by atoms with van der Waals surface area (Å²) < 4.78 is 4.36. The van der Waals surface area contributed by atoms with Gasteiger partial charge in [0.25, 0.3) is 5.91 Å². The van der Waals surface area contributed by atoms with E-state index in [0.717, 1.165) is 22.4 Å². The second kappa shape index (κ2) is 6.72. The third kappa shape index (κ3) is 3.19. The van der Waals surface area contributed by atoms with Crippen LogP contribution in [0.15, 0.2) is 29.0 Å². The lowest BCUT2D eigenvalue weighted by atomic mass is 10.2. The van der Waals surface area contributed by atoms with Gasteiger partial charge >= 0.3 is 0 Å². The van der Waals surface area contributed by atoms with Gasteiger partial charge in [0.1, 0.15) is 5.69 Å². The molecule has 7 nitrogen and oxygen atoms in total. The number of hydrogen-bond acceptors (Lipinski definition) is 4. The summed E-state index contributed by atoms with van der Waals surface area (Å²) in [5.74, 6) is 0.187. The second-order valence-corrected chi connectivity index (χ2v) is 6.77. The minimum Gasteiger partial charge on any atom is -0.350 e. The Labute approximate surface area is 148 Å². The average Bonchev–Trinajstić information content (AvgIpc) is 3.15. The van der Waals surface area contributed by atoms with Crippen molar-refractivity contribution in [1.29, 1.82) is 0 Å². The fraction of sp³-hybridized carbons (Fsp3) is 0.375. The van der Waals surface area contributed by atoms with Crippen LogP contribution in [0.3, 0.4) is 0 Å². The van der Waals surface area contributed by atoms with Crippen molar-refractivity contribution in [1.82, 2.24) is 29.7 Å². The topological polar surface area (TPSA) is 77.1 Å². The van der Waals surface area contributed by atoms with Crippen molar-refractivity contribution >= 4 is 27.5 Å². The van der Waals surface area contributed by atoms with Crippen molar-refractivity contribution in [2.24, 2.45) is 5.92 Å². The van der Waals surface area contributed by atoms with Crippen molar-refractivity contribution in [2.45, 2.75) is 27.3 Å². The molecule has 3 rings (SSSR count). The molecule has 0 aromatic carbocycles. The second-order valence-electron chi connectivity index (χ2n) is 5.91. The summed E-state index contributed by atoms with van der Waals surface area (Å²) in [6, 6.07) is 3.52. The molecule has 0 unspecified atom stereocenters. The molecule has 3 aromatic heterocycles. The van der Waals surface area contributed by atoms with Gasteiger partial charge in [0.05, 0.1) is 10.2 Å². The van der Waals surface area contributed by atoms with Crippen LogP contribution in [0.2, 0.25) is 0 Å². The lowest BCUT2D eigenvalue weighted by Crippen LogP contribution is -2.27. The van der Waals surface area contributed by atoms with Crippen LogP contribution >= 0.6 is 15.9 Å². The Morgan fingerprint density at radius 3 is 2.83 bits per heavy atom. The maximum absolute atomic E-state index is 12.2. The van der Waals surface area contributed by atoms with Gasteiger partial charge in [-0.2, -0.15) is 10.2 Å². The smallest absolute Gasteiger partial charge is 0.271 e. The molecule has 0 saturated carbocycles. The summed E-state index contributed by atoms with van der Waals surface area (Å²) in [5, 5.41) is 11.8. The van der Waals surface area contributed by atoms with Gasteiger partial charge in [-0.15, -0.1) is 0 Å². The molecule has 8 heteroatoms. The summed E-state index contributed by atoms with van der Waals surface area (Å²) in [5.41, 5.74) is 2.50. The fourth-order valence-corrected chi connectivity index (χ4v) is 2.82. The first-order chi connectivity index (χ1) is 11.5. The summed E-state index contributed by atoms with van der Waals surface area (Å²) in [7, 11) is 0. The number of rotatable bonds is 5. The molecule has 24 heavy (non-hydrogen) atoms. The minimum atomic E-state index is -0.196. The van der Waals surface area contributed by atoms with Crippen LogP contribution in [0.1, 0.15) is 31.3 Å². The molecule has 0 atom stereocenters. The van der Waals surface area contributed by atoms with Gasteiger partial charge in [0.15, 0.2) is 11.3 Å². The first-order valence-electron chi connectivity index (χ1n) is 7.86. The van der Waals surface area contributed by atoms with Crippen molar-refractivity contribution in [3.63, 3.8) is 0 Å². The van der Waals surface area contributed by atoms with Gasteiger partial charge in [-0.25, -0.2) is 9.50 Å². The number of aryl methyl sites for hydroxylation is 1. The Balaban J connectivity index is 2.01. The highest BCUT2D eigenvalue weighted by atomic mass is 79.9. The average molecular weight is 391 g/mol. The van der Waals surface area contributed by atoms with Crippen LogP contribution in [0.25, 0.3) is 17.0 Å². The van der Waals surface area contributed by atoms with E-state index in [0.29, 0.717) is 23.8 Å². The lowest BCUT2D eigenvalue weighted by Gasteiger charge is -2.05. The fourth-order valence-electron chi connectivity index (χ4n) is 2.31. The Morgan fingerprint density at radius 1 is 1.38 bits per heavy atom. The summed E-state index contributed by atoms with van der Waals surface area (Å²) in [4.78, 5) is 16.5. The third-order valence-corrected chi connectivity index (χ3v) is 4.13. The highest BCUT2D eigenvalue weighted by Gasteiger charge is 2.17. The molecule has 3 aromatic rings. The van der Waals surface area contributed by atoms with Crippen LogP contribution in [-0.4, -0.2) is 36.8 Å². The van der Waals surface area contributed by atoms with E-state index >= 15 is 0 Å². The van der Waals surface area contributed by atoms with E-state index in [2.05, 4.69) is 36.4 Å². The van der Waals surface area contributed by atoms with Crippen LogP contribution in [-0.2, 0) is 6.54 Å².